The molecule has 21 heavy (non-hydrogen) atoms. The predicted molar refractivity (Wildman–Crippen MR) is 85.0 cm³/mol. The van der Waals surface area contributed by atoms with Crippen LogP contribution in [0.4, 0.5) is 0 Å². The SMILES string of the molecule is Cc1cc(CNC2CC2)ccc1-c1ccc2c(c1)COC2. The van der Waals surface area contributed by atoms with Gasteiger partial charge in [-0.1, -0.05) is 30.3 Å². The van der Waals surface area contributed by atoms with Crippen LogP contribution in [0.3, 0.4) is 0 Å². The first kappa shape index (κ1) is 13.1. The Labute approximate surface area is 126 Å². The molecule has 2 heteroatoms. The Balaban J connectivity index is 1.59. The van der Waals surface area contributed by atoms with Gasteiger partial charge >= 0.3 is 0 Å². The Kier molecular flexibility index (Phi) is 3.28. The molecule has 0 unspecified atom stereocenters. The maximum atomic E-state index is 5.51. The lowest BCUT2D eigenvalue weighted by molar-refractivity contribution is 0.134. The Bertz CT molecular complexity index is 673. The van der Waals surface area contributed by atoms with Gasteiger partial charge in [0.1, 0.15) is 0 Å². The predicted octanol–water partition coefficient (Wildman–Crippen LogP) is 3.94. The van der Waals surface area contributed by atoms with Crippen molar-refractivity contribution in [3.05, 3.63) is 58.7 Å². The molecule has 1 heterocycles. The monoisotopic (exact) mass is 279 g/mol. The lowest BCUT2D eigenvalue weighted by atomic mass is 9.96. The highest BCUT2D eigenvalue weighted by atomic mass is 16.5. The summed E-state index contributed by atoms with van der Waals surface area (Å²) in [6, 6.07) is 14.3. The van der Waals surface area contributed by atoms with Gasteiger partial charge in [-0.25, -0.2) is 0 Å². The number of hydrogen-bond acceptors (Lipinski definition) is 2. The molecule has 108 valence electrons. The van der Waals surface area contributed by atoms with Crippen LogP contribution in [-0.2, 0) is 24.5 Å². The fourth-order valence-electron chi connectivity index (χ4n) is 3.05. The van der Waals surface area contributed by atoms with Gasteiger partial charge in [-0.3, -0.25) is 0 Å². The van der Waals surface area contributed by atoms with Gasteiger partial charge in [0.2, 0.25) is 0 Å². The summed E-state index contributed by atoms with van der Waals surface area (Å²) < 4.78 is 5.51. The Hall–Kier alpha value is -1.64. The van der Waals surface area contributed by atoms with E-state index in [0.717, 1.165) is 25.8 Å². The minimum Gasteiger partial charge on any atom is -0.372 e. The number of aryl methyl sites for hydroxylation is 1. The zero-order valence-corrected chi connectivity index (χ0v) is 12.5. The summed E-state index contributed by atoms with van der Waals surface area (Å²) in [6.07, 6.45) is 2.68. The minimum atomic E-state index is 0.756. The lowest BCUT2D eigenvalue weighted by Crippen LogP contribution is -2.15. The molecule has 1 aliphatic heterocycles. The lowest BCUT2D eigenvalue weighted by Gasteiger charge is -2.11. The molecule has 1 N–H and O–H groups in total. The van der Waals surface area contributed by atoms with E-state index in [0.29, 0.717) is 0 Å². The molecular weight excluding hydrogens is 258 g/mol. The maximum Gasteiger partial charge on any atom is 0.0725 e. The zero-order chi connectivity index (χ0) is 14.2. The van der Waals surface area contributed by atoms with Crippen molar-refractivity contribution >= 4 is 0 Å². The largest absolute Gasteiger partial charge is 0.372 e. The standard InChI is InChI=1S/C19H21NO/c1-13-8-14(10-20-18-5-6-18)2-7-19(13)15-3-4-16-11-21-12-17(16)9-15/h2-4,7-9,18,20H,5-6,10-12H2,1H3. The molecule has 0 spiro atoms. The Morgan fingerprint density at radius 3 is 2.71 bits per heavy atom. The van der Waals surface area contributed by atoms with Crippen LogP contribution in [0.25, 0.3) is 11.1 Å². The zero-order valence-electron chi connectivity index (χ0n) is 12.5. The average Bonchev–Trinajstić information content (AvgIpc) is 3.21. The summed E-state index contributed by atoms with van der Waals surface area (Å²) in [5.74, 6) is 0. The molecule has 0 atom stereocenters. The first-order chi connectivity index (χ1) is 10.3. The van der Waals surface area contributed by atoms with Gasteiger partial charge in [-0.05, 0) is 59.2 Å². The molecule has 2 aliphatic rings. The maximum absolute atomic E-state index is 5.51. The third-order valence-corrected chi connectivity index (χ3v) is 4.50. The van der Waals surface area contributed by atoms with Crippen LogP contribution in [0, 0.1) is 6.92 Å². The molecule has 1 aliphatic carbocycles. The van der Waals surface area contributed by atoms with Crippen molar-refractivity contribution in [2.75, 3.05) is 0 Å². The molecule has 0 radical (unpaired) electrons. The summed E-state index contributed by atoms with van der Waals surface area (Å²) >= 11 is 0. The third-order valence-electron chi connectivity index (χ3n) is 4.50. The number of ether oxygens (including phenoxy) is 1. The van der Waals surface area contributed by atoms with Crippen molar-refractivity contribution in [3.8, 4) is 11.1 Å². The van der Waals surface area contributed by atoms with E-state index in [9.17, 15) is 0 Å². The van der Waals surface area contributed by atoms with Gasteiger partial charge in [0, 0.05) is 12.6 Å². The van der Waals surface area contributed by atoms with Gasteiger partial charge in [0.15, 0.2) is 0 Å². The average molecular weight is 279 g/mol. The van der Waals surface area contributed by atoms with Crippen LogP contribution in [-0.4, -0.2) is 6.04 Å². The molecule has 2 aromatic carbocycles. The quantitative estimate of drug-likeness (QED) is 0.915. The van der Waals surface area contributed by atoms with E-state index in [-0.39, 0.29) is 0 Å². The van der Waals surface area contributed by atoms with Crippen LogP contribution in [0.1, 0.15) is 35.1 Å². The van der Waals surface area contributed by atoms with E-state index in [1.807, 2.05) is 0 Å². The second-order valence-electron chi connectivity index (χ2n) is 6.28. The van der Waals surface area contributed by atoms with Gasteiger partial charge in [0.25, 0.3) is 0 Å². The number of benzene rings is 2. The summed E-state index contributed by atoms with van der Waals surface area (Å²) in [7, 11) is 0. The summed E-state index contributed by atoms with van der Waals surface area (Å²) in [5.41, 5.74) is 8.04. The highest BCUT2D eigenvalue weighted by Crippen LogP contribution is 2.29. The van der Waals surface area contributed by atoms with Crippen LogP contribution in [0.5, 0.6) is 0 Å². The third kappa shape index (κ3) is 2.74. The minimum absolute atomic E-state index is 0.756. The number of nitrogens with one attached hydrogen (secondary N) is 1. The van der Waals surface area contributed by atoms with E-state index < -0.39 is 0 Å². The van der Waals surface area contributed by atoms with E-state index in [2.05, 4.69) is 48.6 Å². The second kappa shape index (κ2) is 5.28. The normalized spacial score (nSPS) is 17.0. The van der Waals surface area contributed by atoms with Crippen LogP contribution in [0.2, 0.25) is 0 Å². The van der Waals surface area contributed by atoms with E-state index in [1.165, 1.54) is 46.2 Å². The van der Waals surface area contributed by atoms with Gasteiger partial charge in [-0.2, -0.15) is 0 Å². The first-order valence-corrected chi connectivity index (χ1v) is 7.82. The van der Waals surface area contributed by atoms with Crippen molar-refractivity contribution in [2.24, 2.45) is 0 Å². The fraction of sp³-hybridized carbons (Fsp3) is 0.368. The summed E-state index contributed by atoms with van der Waals surface area (Å²) in [4.78, 5) is 0. The first-order valence-electron chi connectivity index (χ1n) is 7.82. The summed E-state index contributed by atoms with van der Waals surface area (Å²) in [5, 5.41) is 3.58. The molecule has 0 saturated heterocycles. The van der Waals surface area contributed by atoms with Gasteiger partial charge < -0.3 is 10.1 Å². The molecule has 0 aromatic heterocycles. The molecule has 2 aromatic rings. The van der Waals surface area contributed by atoms with Crippen LogP contribution < -0.4 is 5.32 Å². The second-order valence-corrected chi connectivity index (χ2v) is 6.28. The van der Waals surface area contributed by atoms with Crippen molar-refractivity contribution in [3.63, 3.8) is 0 Å². The number of fused-ring (bicyclic) bond motifs is 1. The van der Waals surface area contributed by atoms with E-state index >= 15 is 0 Å². The molecule has 1 saturated carbocycles. The smallest absolute Gasteiger partial charge is 0.0725 e. The fourth-order valence-corrected chi connectivity index (χ4v) is 3.05. The number of hydrogen-bond donors (Lipinski definition) is 1. The molecule has 2 nitrogen and oxygen atoms in total. The molecule has 4 rings (SSSR count). The van der Waals surface area contributed by atoms with Crippen LogP contribution in [0.15, 0.2) is 36.4 Å². The topological polar surface area (TPSA) is 21.3 Å². The van der Waals surface area contributed by atoms with Gasteiger partial charge in [-0.15, -0.1) is 0 Å². The molecule has 0 amide bonds. The van der Waals surface area contributed by atoms with E-state index in [4.69, 9.17) is 4.74 Å². The van der Waals surface area contributed by atoms with Crippen molar-refractivity contribution < 1.29 is 4.74 Å². The van der Waals surface area contributed by atoms with Crippen molar-refractivity contribution in [2.45, 2.75) is 45.6 Å². The Morgan fingerprint density at radius 1 is 1.05 bits per heavy atom. The Morgan fingerprint density at radius 2 is 1.90 bits per heavy atom. The highest BCUT2D eigenvalue weighted by molar-refractivity contribution is 5.69. The molecule has 1 fully saturated rings. The molecule has 0 bridgehead atoms. The summed E-state index contributed by atoms with van der Waals surface area (Å²) in [6.45, 7) is 4.72. The van der Waals surface area contributed by atoms with Crippen molar-refractivity contribution in [1.29, 1.82) is 0 Å². The molecular formula is C19H21NO. The van der Waals surface area contributed by atoms with Gasteiger partial charge in [0.05, 0.1) is 13.2 Å². The van der Waals surface area contributed by atoms with Crippen molar-refractivity contribution in [1.82, 2.24) is 5.32 Å². The van der Waals surface area contributed by atoms with E-state index in [1.54, 1.807) is 0 Å². The number of rotatable bonds is 4. The highest BCUT2D eigenvalue weighted by Gasteiger charge is 2.20. The van der Waals surface area contributed by atoms with Crippen LogP contribution >= 0.6 is 0 Å².